The average molecular weight is 561 g/mol. The maximum absolute atomic E-state index is 13.9. The van der Waals surface area contributed by atoms with Crippen LogP contribution in [0.2, 0.25) is 0 Å². The Kier molecular flexibility index (Phi) is 8.45. The van der Waals surface area contributed by atoms with E-state index in [-0.39, 0.29) is 30.6 Å². The second-order valence-electron chi connectivity index (χ2n) is 8.62. The number of nitrogens with one attached hydrogen (secondary N) is 1. The Morgan fingerprint density at radius 1 is 1.05 bits per heavy atom. The summed E-state index contributed by atoms with van der Waals surface area (Å²) in [5.74, 6) is 0.642. The zero-order valence-electron chi connectivity index (χ0n) is 22.1. The molecule has 0 saturated heterocycles. The van der Waals surface area contributed by atoms with Crippen molar-refractivity contribution in [1.29, 1.82) is 0 Å². The molecule has 0 aliphatic heterocycles. The number of sulfonamides is 1. The van der Waals surface area contributed by atoms with Gasteiger partial charge in [-0.25, -0.2) is 22.8 Å². The second-order valence-corrected chi connectivity index (χ2v) is 10.5. The normalized spacial score (nSPS) is 13.2. The van der Waals surface area contributed by atoms with Crippen LogP contribution in [-0.4, -0.2) is 66.3 Å². The summed E-state index contributed by atoms with van der Waals surface area (Å²) in [5.41, 5.74) is 0.359. The maximum Gasteiger partial charge on any atom is 0.243 e. The van der Waals surface area contributed by atoms with E-state index >= 15 is 0 Å². The summed E-state index contributed by atoms with van der Waals surface area (Å²) < 4.78 is 67.3. The number of para-hydroxylation sites is 1. The van der Waals surface area contributed by atoms with Gasteiger partial charge in [-0.05, 0) is 37.6 Å². The van der Waals surface area contributed by atoms with Gasteiger partial charge in [-0.2, -0.15) is 0 Å². The summed E-state index contributed by atoms with van der Waals surface area (Å²) in [5, 5.41) is 7.33. The monoisotopic (exact) mass is 560 g/mol. The van der Waals surface area contributed by atoms with Crippen LogP contribution in [0.3, 0.4) is 0 Å². The Bertz CT molecular complexity index is 1500. The third-order valence-corrected chi connectivity index (χ3v) is 8.00. The van der Waals surface area contributed by atoms with Gasteiger partial charge >= 0.3 is 0 Å². The molecule has 0 unspecified atom stereocenters. The van der Waals surface area contributed by atoms with Crippen molar-refractivity contribution in [2.45, 2.75) is 31.4 Å². The fourth-order valence-corrected chi connectivity index (χ4v) is 5.77. The highest BCUT2D eigenvalue weighted by atomic mass is 32.2. The van der Waals surface area contributed by atoms with E-state index in [0.717, 1.165) is 12.4 Å². The predicted octanol–water partition coefficient (Wildman–Crippen LogP) is 3.73. The predicted molar refractivity (Wildman–Crippen MR) is 140 cm³/mol. The molecule has 0 fully saturated rings. The molecule has 0 aliphatic rings. The van der Waals surface area contributed by atoms with Gasteiger partial charge in [-0.3, -0.25) is 9.29 Å². The first-order valence-electron chi connectivity index (χ1n) is 11.9. The average Bonchev–Trinajstić information content (AvgIpc) is 3.53. The van der Waals surface area contributed by atoms with Crippen molar-refractivity contribution < 1.29 is 31.4 Å². The molecule has 208 valence electrons. The number of anilines is 1. The molecule has 3 heterocycles. The second kappa shape index (κ2) is 11.8. The summed E-state index contributed by atoms with van der Waals surface area (Å²) in [6.07, 6.45) is 2.09. The molecule has 0 spiro atoms. The highest BCUT2D eigenvalue weighted by Crippen LogP contribution is 2.38. The summed E-state index contributed by atoms with van der Waals surface area (Å²) in [4.78, 5) is 7.97. The summed E-state index contributed by atoms with van der Waals surface area (Å²) in [6.45, 7) is 3.57. The van der Waals surface area contributed by atoms with Gasteiger partial charge in [0.1, 0.15) is 28.8 Å². The van der Waals surface area contributed by atoms with Crippen LogP contribution in [0, 0.1) is 12.7 Å². The standard InChI is InChI=1S/C25H29FN6O6S/c1-15-9-10-20(38-15)24-29-30-25(32(24)22-18(36-4)7-6-8-19(22)37-5)31-39(33,34)21(11-12-35-3)16(2)23-27-13-17(26)14-28-23/h6-10,13-14,16,21H,11-12H2,1-5H3,(H,30,31)/t16-,21+/m1/s1. The van der Waals surface area contributed by atoms with Crippen LogP contribution in [0.4, 0.5) is 10.3 Å². The van der Waals surface area contributed by atoms with E-state index in [0.29, 0.717) is 28.7 Å². The first kappa shape index (κ1) is 28.0. The van der Waals surface area contributed by atoms with Crippen LogP contribution in [0.25, 0.3) is 17.3 Å². The van der Waals surface area contributed by atoms with Crippen LogP contribution in [0.5, 0.6) is 11.5 Å². The minimum Gasteiger partial charge on any atom is -0.494 e. The lowest BCUT2D eigenvalue weighted by Gasteiger charge is -2.24. The summed E-state index contributed by atoms with van der Waals surface area (Å²) >= 11 is 0. The highest BCUT2D eigenvalue weighted by Gasteiger charge is 2.35. The van der Waals surface area contributed by atoms with Crippen LogP contribution >= 0.6 is 0 Å². The van der Waals surface area contributed by atoms with Crippen LogP contribution < -0.4 is 14.2 Å². The molecule has 1 aromatic carbocycles. The van der Waals surface area contributed by atoms with Crippen molar-refractivity contribution >= 4 is 16.0 Å². The first-order chi connectivity index (χ1) is 18.7. The van der Waals surface area contributed by atoms with Crippen molar-refractivity contribution in [1.82, 2.24) is 24.7 Å². The molecule has 0 amide bonds. The number of aryl methyl sites for hydroxylation is 1. The van der Waals surface area contributed by atoms with Crippen molar-refractivity contribution in [3.63, 3.8) is 0 Å². The highest BCUT2D eigenvalue weighted by molar-refractivity contribution is 7.93. The lowest BCUT2D eigenvalue weighted by molar-refractivity contribution is 0.191. The number of rotatable bonds is 12. The Balaban J connectivity index is 1.84. The quantitative estimate of drug-likeness (QED) is 0.272. The molecular weight excluding hydrogens is 531 g/mol. The zero-order valence-corrected chi connectivity index (χ0v) is 22.9. The first-order valence-corrected chi connectivity index (χ1v) is 13.5. The molecule has 0 radical (unpaired) electrons. The number of nitrogens with zero attached hydrogens (tertiary/aromatic N) is 5. The molecule has 4 aromatic rings. The molecule has 2 atom stereocenters. The van der Waals surface area contributed by atoms with E-state index < -0.39 is 27.0 Å². The Morgan fingerprint density at radius 2 is 1.72 bits per heavy atom. The number of furan rings is 1. The topological polar surface area (TPSA) is 143 Å². The zero-order chi connectivity index (χ0) is 28.2. The summed E-state index contributed by atoms with van der Waals surface area (Å²) in [7, 11) is 0.254. The lowest BCUT2D eigenvalue weighted by Crippen LogP contribution is -2.35. The van der Waals surface area contributed by atoms with Gasteiger partial charge in [0.05, 0.1) is 31.9 Å². The van der Waals surface area contributed by atoms with Gasteiger partial charge in [0, 0.05) is 19.6 Å². The lowest BCUT2D eigenvalue weighted by atomic mass is 10.0. The van der Waals surface area contributed by atoms with Crippen molar-refractivity contribution in [3.05, 3.63) is 60.1 Å². The fraction of sp³-hybridized carbons (Fsp3) is 0.360. The molecule has 14 heteroatoms. The molecular formula is C25H29FN6O6S. The van der Waals surface area contributed by atoms with Crippen molar-refractivity contribution in [3.8, 4) is 28.8 Å². The van der Waals surface area contributed by atoms with Gasteiger partial charge in [0.15, 0.2) is 11.6 Å². The van der Waals surface area contributed by atoms with E-state index in [1.807, 2.05) is 0 Å². The van der Waals surface area contributed by atoms with Gasteiger partial charge < -0.3 is 18.6 Å². The van der Waals surface area contributed by atoms with E-state index in [2.05, 4.69) is 24.9 Å². The van der Waals surface area contributed by atoms with Gasteiger partial charge in [0.2, 0.25) is 21.8 Å². The number of benzene rings is 1. The fourth-order valence-electron chi connectivity index (χ4n) is 4.16. The van der Waals surface area contributed by atoms with Crippen LogP contribution in [0.15, 0.2) is 47.1 Å². The molecule has 0 aliphatic carbocycles. The Labute approximate surface area is 225 Å². The molecule has 0 bridgehead atoms. The third-order valence-electron chi connectivity index (χ3n) is 6.09. The van der Waals surface area contributed by atoms with Gasteiger partial charge in [-0.15, -0.1) is 10.2 Å². The minimum absolute atomic E-state index is 0.101. The van der Waals surface area contributed by atoms with E-state index in [1.165, 1.54) is 25.9 Å². The number of hydrogen-bond acceptors (Lipinski definition) is 10. The Morgan fingerprint density at radius 3 is 2.28 bits per heavy atom. The molecule has 12 nitrogen and oxygen atoms in total. The number of aromatic nitrogens is 5. The van der Waals surface area contributed by atoms with Gasteiger partial charge in [-0.1, -0.05) is 13.0 Å². The third kappa shape index (κ3) is 5.86. The molecule has 4 rings (SSSR count). The SMILES string of the molecule is COCC[C@@H]([C@@H](C)c1ncc(F)cn1)S(=O)(=O)Nc1nnc(-c2ccc(C)o2)n1-c1c(OC)cccc1OC. The van der Waals surface area contributed by atoms with Crippen LogP contribution in [0.1, 0.15) is 30.8 Å². The molecule has 3 aromatic heterocycles. The summed E-state index contributed by atoms with van der Waals surface area (Å²) in [6, 6.07) is 8.58. The van der Waals surface area contributed by atoms with Crippen molar-refractivity contribution in [2.24, 2.45) is 0 Å². The van der Waals surface area contributed by atoms with Crippen molar-refractivity contribution in [2.75, 3.05) is 32.7 Å². The minimum atomic E-state index is -4.18. The van der Waals surface area contributed by atoms with Gasteiger partial charge in [0.25, 0.3) is 0 Å². The largest absolute Gasteiger partial charge is 0.494 e. The smallest absolute Gasteiger partial charge is 0.243 e. The number of methoxy groups -OCH3 is 3. The van der Waals surface area contributed by atoms with E-state index in [9.17, 15) is 12.8 Å². The molecule has 39 heavy (non-hydrogen) atoms. The molecule has 0 saturated carbocycles. The number of hydrogen-bond donors (Lipinski definition) is 1. The van der Waals surface area contributed by atoms with Crippen LogP contribution in [-0.2, 0) is 14.8 Å². The number of ether oxygens (including phenoxy) is 3. The van der Waals surface area contributed by atoms with E-state index in [1.54, 1.807) is 44.2 Å². The number of halogens is 1. The molecule has 1 N–H and O–H groups in total. The van der Waals surface area contributed by atoms with E-state index in [4.69, 9.17) is 18.6 Å². The maximum atomic E-state index is 13.9. The Hall–Kier alpha value is -4.04.